The first-order valence-electron chi connectivity index (χ1n) is 6.36. The molecule has 1 amide bonds. The van der Waals surface area contributed by atoms with Gasteiger partial charge < -0.3 is 9.64 Å². The van der Waals surface area contributed by atoms with Gasteiger partial charge in [0.2, 0.25) is 0 Å². The average Bonchev–Trinajstić information content (AvgIpc) is 2.76. The largest absolute Gasteiger partial charge is 0.449 e. The van der Waals surface area contributed by atoms with E-state index >= 15 is 0 Å². The molecule has 1 aromatic carbocycles. The molecule has 1 heterocycles. The Morgan fingerprint density at radius 2 is 2.56 bits per heavy atom. The third-order valence-electron chi connectivity index (χ3n) is 3.31. The van der Waals surface area contributed by atoms with Crippen LogP contribution in [0.15, 0.2) is 24.3 Å². The second-order valence-electron chi connectivity index (χ2n) is 4.62. The van der Waals surface area contributed by atoms with Crippen LogP contribution in [0.25, 0.3) is 0 Å². The lowest BCUT2D eigenvalue weighted by molar-refractivity contribution is 0.147. The van der Waals surface area contributed by atoms with Crippen LogP contribution in [-0.2, 0) is 4.74 Å². The van der Waals surface area contributed by atoms with E-state index in [0.717, 1.165) is 13.0 Å². The topological polar surface area (TPSA) is 41.6 Å². The van der Waals surface area contributed by atoms with Crippen molar-refractivity contribution in [2.75, 3.05) is 25.5 Å². The Bertz CT molecular complexity index is 381. The van der Waals surface area contributed by atoms with Crippen LogP contribution in [0.3, 0.4) is 0 Å². The molecule has 2 rings (SSSR count). The number of carbonyl (C=O) groups excluding carboxylic acids is 1. The molecule has 1 aliphatic heterocycles. The zero-order chi connectivity index (χ0) is 12.8. The second-order valence-corrected chi connectivity index (χ2v) is 4.62. The van der Waals surface area contributed by atoms with Gasteiger partial charge in [-0.2, -0.15) is 0 Å². The van der Waals surface area contributed by atoms with E-state index in [1.165, 1.54) is 12.8 Å². The lowest BCUT2D eigenvalue weighted by Crippen LogP contribution is -2.27. The minimum Gasteiger partial charge on any atom is -0.449 e. The molecular weight excluding hydrogens is 228 g/mol. The van der Waals surface area contributed by atoms with Gasteiger partial charge >= 0.3 is 6.09 Å². The Hall–Kier alpha value is -1.55. The summed E-state index contributed by atoms with van der Waals surface area (Å²) in [7, 11) is 2.12. The second kappa shape index (κ2) is 6.40. The summed E-state index contributed by atoms with van der Waals surface area (Å²) >= 11 is 0. The predicted octanol–water partition coefficient (Wildman–Crippen LogP) is 2.52. The van der Waals surface area contributed by atoms with Gasteiger partial charge in [-0.05, 0) is 51.1 Å². The van der Waals surface area contributed by atoms with Crippen LogP contribution in [0.5, 0.6) is 0 Å². The number of rotatable bonds is 4. The molecule has 97 valence electrons. The molecule has 1 atom stereocenters. The Kier molecular flexibility index (Phi) is 4.59. The van der Waals surface area contributed by atoms with Crippen molar-refractivity contribution in [1.29, 1.82) is 0 Å². The number of hydrogen-bond donors (Lipinski definition) is 1. The van der Waals surface area contributed by atoms with Crippen molar-refractivity contribution < 1.29 is 9.53 Å². The fraction of sp³-hybridized carbons (Fsp3) is 0.500. The van der Waals surface area contributed by atoms with Gasteiger partial charge in [0, 0.05) is 11.7 Å². The summed E-state index contributed by atoms with van der Waals surface area (Å²) in [4.78, 5) is 13.8. The molecule has 0 aliphatic carbocycles. The van der Waals surface area contributed by atoms with Crippen molar-refractivity contribution in [2.45, 2.75) is 25.3 Å². The summed E-state index contributed by atoms with van der Waals surface area (Å²) in [6.07, 6.45) is 2.96. The quantitative estimate of drug-likeness (QED) is 0.889. The Morgan fingerprint density at radius 1 is 1.67 bits per heavy atom. The molecule has 1 N–H and O–H groups in total. The predicted molar refractivity (Wildman–Crippen MR) is 70.5 cm³/mol. The number of benzene rings is 1. The first kappa shape index (κ1) is 12.9. The molecule has 18 heavy (non-hydrogen) atoms. The number of hydrogen-bond acceptors (Lipinski definition) is 3. The Labute approximate surface area is 108 Å². The van der Waals surface area contributed by atoms with Crippen LogP contribution in [0.1, 0.15) is 19.3 Å². The SMILES string of the molecule is CN1CCCC1CCOC(=O)Nc1c[c]ccc1. The molecule has 1 radical (unpaired) electrons. The van der Waals surface area contributed by atoms with Crippen molar-refractivity contribution in [3.05, 3.63) is 30.3 Å². The zero-order valence-electron chi connectivity index (χ0n) is 10.7. The van der Waals surface area contributed by atoms with Gasteiger partial charge in [-0.25, -0.2) is 4.79 Å². The van der Waals surface area contributed by atoms with Crippen molar-refractivity contribution in [3.63, 3.8) is 0 Å². The van der Waals surface area contributed by atoms with Gasteiger partial charge in [-0.3, -0.25) is 5.32 Å². The summed E-state index contributed by atoms with van der Waals surface area (Å²) in [6, 6.07) is 10.6. The summed E-state index contributed by atoms with van der Waals surface area (Å²) < 4.78 is 5.17. The fourth-order valence-corrected chi connectivity index (χ4v) is 2.26. The summed E-state index contributed by atoms with van der Waals surface area (Å²) in [6.45, 7) is 1.62. The van der Waals surface area contributed by atoms with Gasteiger partial charge in [-0.1, -0.05) is 12.1 Å². The molecule has 1 aromatic rings. The number of anilines is 1. The molecule has 4 heteroatoms. The van der Waals surface area contributed by atoms with Gasteiger partial charge in [-0.15, -0.1) is 0 Å². The molecule has 0 saturated carbocycles. The maximum Gasteiger partial charge on any atom is 0.411 e. The van der Waals surface area contributed by atoms with Crippen molar-refractivity contribution in [2.24, 2.45) is 0 Å². The minimum atomic E-state index is -0.393. The number of nitrogens with zero attached hydrogens (tertiary/aromatic N) is 1. The Balaban J connectivity index is 1.66. The molecule has 1 unspecified atom stereocenters. The normalized spacial score (nSPS) is 19.7. The van der Waals surface area contributed by atoms with Crippen LogP contribution in [0, 0.1) is 6.07 Å². The van der Waals surface area contributed by atoms with Crippen LogP contribution in [-0.4, -0.2) is 37.2 Å². The highest BCUT2D eigenvalue weighted by atomic mass is 16.5. The number of nitrogens with one attached hydrogen (secondary N) is 1. The molecule has 4 nitrogen and oxygen atoms in total. The molecule has 1 fully saturated rings. The maximum absolute atomic E-state index is 11.5. The van der Waals surface area contributed by atoms with Gasteiger partial charge in [0.25, 0.3) is 0 Å². The highest BCUT2D eigenvalue weighted by Gasteiger charge is 2.20. The van der Waals surface area contributed by atoms with E-state index in [9.17, 15) is 4.79 Å². The van der Waals surface area contributed by atoms with Crippen LogP contribution >= 0.6 is 0 Å². The van der Waals surface area contributed by atoms with Gasteiger partial charge in [0.05, 0.1) is 6.61 Å². The van der Waals surface area contributed by atoms with Crippen molar-refractivity contribution in [3.8, 4) is 0 Å². The van der Waals surface area contributed by atoms with E-state index in [4.69, 9.17) is 4.74 Å². The summed E-state index contributed by atoms with van der Waals surface area (Å²) in [5.41, 5.74) is 0.709. The van der Waals surface area contributed by atoms with Gasteiger partial charge in [0.15, 0.2) is 0 Å². The van der Waals surface area contributed by atoms with E-state index in [2.05, 4.69) is 23.3 Å². The Morgan fingerprint density at radius 3 is 3.22 bits per heavy atom. The third-order valence-corrected chi connectivity index (χ3v) is 3.31. The summed E-state index contributed by atoms with van der Waals surface area (Å²) in [5.74, 6) is 0. The van der Waals surface area contributed by atoms with Crippen LogP contribution < -0.4 is 5.32 Å². The zero-order valence-corrected chi connectivity index (χ0v) is 10.7. The van der Waals surface area contributed by atoms with Gasteiger partial charge in [0.1, 0.15) is 0 Å². The molecule has 1 saturated heterocycles. The number of likely N-dealkylation sites (tertiary alicyclic amines) is 1. The van der Waals surface area contributed by atoms with Crippen molar-refractivity contribution in [1.82, 2.24) is 4.90 Å². The molecular formula is C14H19N2O2. The molecule has 1 aliphatic rings. The fourth-order valence-electron chi connectivity index (χ4n) is 2.26. The standard InChI is InChI=1S/C14H19N2O2/c1-16-10-5-8-13(16)9-11-18-14(17)15-12-6-3-2-4-7-12/h2-3,6-7,13H,5,8-11H2,1H3,(H,15,17). The summed E-state index contributed by atoms with van der Waals surface area (Å²) in [5, 5.41) is 2.67. The van der Waals surface area contributed by atoms with Crippen LogP contribution in [0.4, 0.5) is 10.5 Å². The maximum atomic E-state index is 11.5. The lowest BCUT2D eigenvalue weighted by Gasteiger charge is -2.18. The highest BCUT2D eigenvalue weighted by molar-refractivity contribution is 5.84. The third kappa shape index (κ3) is 3.74. The van der Waals surface area contributed by atoms with Crippen molar-refractivity contribution >= 4 is 11.8 Å². The first-order chi connectivity index (χ1) is 8.75. The number of amides is 1. The minimum absolute atomic E-state index is 0.393. The molecule has 0 aromatic heterocycles. The molecule has 0 bridgehead atoms. The number of ether oxygens (including phenoxy) is 1. The number of carbonyl (C=O) groups is 1. The van der Waals surface area contributed by atoms with E-state index in [-0.39, 0.29) is 0 Å². The smallest absolute Gasteiger partial charge is 0.411 e. The van der Waals surface area contributed by atoms with E-state index in [1.54, 1.807) is 12.1 Å². The van der Waals surface area contributed by atoms with Crippen LogP contribution in [0.2, 0.25) is 0 Å². The lowest BCUT2D eigenvalue weighted by atomic mass is 10.2. The first-order valence-corrected chi connectivity index (χ1v) is 6.36. The molecule has 0 spiro atoms. The monoisotopic (exact) mass is 247 g/mol. The average molecular weight is 247 g/mol. The van der Waals surface area contributed by atoms with E-state index in [1.807, 2.05) is 12.1 Å². The van der Waals surface area contributed by atoms with E-state index in [0.29, 0.717) is 18.3 Å². The van der Waals surface area contributed by atoms with E-state index < -0.39 is 6.09 Å². The highest BCUT2D eigenvalue weighted by Crippen LogP contribution is 2.17.